The maximum absolute atomic E-state index is 11.0. The molecule has 1 aromatic heterocycles. The Bertz CT molecular complexity index is 1950. The molecular weight excluding hydrogens is 446 g/mol. The number of carbonyl (C=O) groups excluding carboxylic acids is 1. The van der Waals surface area contributed by atoms with Crippen molar-refractivity contribution >= 4 is 50.4 Å². The number of hydrogen-bond donors (Lipinski definition) is 0. The third-order valence-electron chi connectivity index (χ3n) is 7.17. The van der Waals surface area contributed by atoms with E-state index in [2.05, 4.69) is 41.0 Å². The summed E-state index contributed by atoms with van der Waals surface area (Å²) in [6.07, 6.45) is 0.865. The van der Waals surface area contributed by atoms with E-state index in [1.54, 1.807) is 0 Å². The van der Waals surface area contributed by atoms with Crippen LogP contribution in [0.1, 0.15) is 10.4 Å². The van der Waals surface area contributed by atoms with Gasteiger partial charge in [-0.25, -0.2) is 0 Å². The standard InChI is InChI=1S/C32H18NO3/c34-18-19-10-12-20(13-11-19)21-14-16-22(17-15-21)33-23-4-1-6-25-29(23)32-30-24(33)5-2-7-26(30)36-28-9-3-8-27(35-25)31(28)32/h1-18H/q+1. The smallest absolute Gasteiger partial charge is 0.223 e. The molecule has 0 bridgehead atoms. The summed E-state index contributed by atoms with van der Waals surface area (Å²) in [5, 5.41) is 2.18. The summed E-state index contributed by atoms with van der Waals surface area (Å²) >= 11 is 0. The Hall–Kier alpha value is -4.96. The minimum absolute atomic E-state index is 0.674. The van der Waals surface area contributed by atoms with Crippen LogP contribution in [0.25, 0.3) is 72.1 Å². The topological polar surface area (TPSA) is 47.2 Å². The van der Waals surface area contributed by atoms with Gasteiger partial charge in [0.15, 0.2) is 0 Å². The van der Waals surface area contributed by atoms with Crippen molar-refractivity contribution < 1.29 is 18.2 Å². The molecule has 8 rings (SSSR count). The van der Waals surface area contributed by atoms with Gasteiger partial charge in [0.25, 0.3) is 0 Å². The highest BCUT2D eigenvalue weighted by Crippen LogP contribution is 2.47. The molecule has 4 nitrogen and oxygen atoms in total. The van der Waals surface area contributed by atoms with E-state index in [0.29, 0.717) is 5.56 Å². The molecule has 0 aliphatic carbocycles. The molecule has 0 atom stereocenters. The van der Waals surface area contributed by atoms with Gasteiger partial charge in [-0.2, -0.15) is 4.57 Å². The number of nitrogens with zero attached hydrogens (tertiary/aromatic N) is 1. The van der Waals surface area contributed by atoms with E-state index >= 15 is 0 Å². The number of benzene rings is 5. The molecular formula is C32H18NO3+. The van der Waals surface area contributed by atoms with Gasteiger partial charge in [-0.15, -0.1) is 0 Å². The first kappa shape index (κ1) is 19.4. The van der Waals surface area contributed by atoms with Crippen LogP contribution in [-0.2, 0) is 0 Å². The zero-order valence-electron chi connectivity index (χ0n) is 19.1. The summed E-state index contributed by atoms with van der Waals surface area (Å²) in [6.45, 7) is 0. The van der Waals surface area contributed by atoms with Crippen molar-refractivity contribution in [1.29, 1.82) is 0 Å². The van der Waals surface area contributed by atoms with Gasteiger partial charge in [0.05, 0.1) is 16.3 Å². The molecule has 0 amide bonds. The summed E-state index contributed by atoms with van der Waals surface area (Å²) in [6, 6.07) is 34.6. The normalized spacial score (nSPS) is 12.0. The van der Waals surface area contributed by atoms with Gasteiger partial charge in [-0.3, -0.25) is 4.79 Å². The quantitative estimate of drug-likeness (QED) is 0.116. The summed E-state index contributed by atoms with van der Waals surface area (Å²) in [7, 11) is 0. The second-order valence-corrected chi connectivity index (χ2v) is 9.13. The van der Waals surface area contributed by atoms with Crippen LogP contribution in [0.2, 0.25) is 0 Å². The van der Waals surface area contributed by atoms with Crippen LogP contribution in [-0.4, -0.2) is 6.29 Å². The van der Waals surface area contributed by atoms with Crippen LogP contribution < -0.4 is 4.57 Å². The number of aldehydes is 1. The largest absolute Gasteiger partial charge is 0.456 e. The van der Waals surface area contributed by atoms with Crippen molar-refractivity contribution in [3.63, 3.8) is 0 Å². The molecule has 0 N–H and O–H groups in total. The highest BCUT2D eigenvalue weighted by atomic mass is 16.3. The number of carbonyl (C=O) groups is 1. The minimum atomic E-state index is 0.674. The first-order chi connectivity index (χ1) is 17.8. The minimum Gasteiger partial charge on any atom is -0.456 e. The lowest BCUT2D eigenvalue weighted by Crippen LogP contribution is -2.33. The predicted octanol–water partition coefficient (Wildman–Crippen LogP) is 7.78. The fourth-order valence-corrected chi connectivity index (χ4v) is 5.59. The lowest BCUT2D eigenvalue weighted by molar-refractivity contribution is -0.537. The molecule has 0 unspecified atom stereocenters. The van der Waals surface area contributed by atoms with Gasteiger partial charge in [0.2, 0.25) is 16.7 Å². The maximum atomic E-state index is 11.0. The van der Waals surface area contributed by atoms with Gasteiger partial charge in [0, 0.05) is 35.4 Å². The van der Waals surface area contributed by atoms with Crippen LogP contribution in [0, 0.1) is 0 Å². The van der Waals surface area contributed by atoms with E-state index in [9.17, 15) is 4.79 Å². The molecule has 6 aromatic rings. The molecule has 168 valence electrons. The van der Waals surface area contributed by atoms with Crippen molar-refractivity contribution in [2.24, 2.45) is 0 Å². The second kappa shape index (κ2) is 7.03. The lowest BCUT2D eigenvalue weighted by Gasteiger charge is -2.18. The third-order valence-corrected chi connectivity index (χ3v) is 7.17. The molecule has 3 heterocycles. The van der Waals surface area contributed by atoms with Crippen molar-refractivity contribution in [3.05, 3.63) is 109 Å². The van der Waals surface area contributed by atoms with Crippen LogP contribution in [0.4, 0.5) is 0 Å². The van der Waals surface area contributed by atoms with Crippen molar-refractivity contribution in [1.82, 2.24) is 0 Å². The Balaban J connectivity index is 1.45. The Morgan fingerprint density at radius 3 is 1.58 bits per heavy atom. The Kier molecular flexibility index (Phi) is 3.78. The van der Waals surface area contributed by atoms with Gasteiger partial charge < -0.3 is 8.83 Å². The Labute approximate surface area is 205 Å². The van der Waals surface area contributed by atoms with E-state index in [0.717, 1.165) is 72.8 Å². The average Bonchev–Trinajstić information content (AvgIpc) is 2.93. The summed E-state index contributed by atoms with van der Waals surface area (Å²) < 4.78 is 15.0. The predicted molar refractivity (Wildman–Crippen MR) is 141 cm³/mol. The zero-order valence-corrected chi connectivity index (χ0v) is 19.1. The van der Waals surface area contributed by atoms with Gasteiger partial charge in [0.1, 0.15) is 28.6 Å². The van der Waals surface area contributed by atoms with E-state index in [-0.39, 0.29) is 0 Å². The molecule has 2 aliphatic heterocycles. The molecule has 0 fully saturated rings. The number of rotatable bonds is 3. The number of aromatic nitrogens is 1. The highest BCUT2D eigenvalue weighted by molar-refractivity contribution is 6.22. The van der Waals surface area contributed by atoms with Gasteiger partial charge in [-0.05, 0) is 47.5 Å². The Morgan fingerprint density at radius 2 is 1.03 bits per heavy atom. The zero-order chi connectivity index (χ0) is 23.8. The van der Waals surface area contributed by atoms with Crippen LogP contribution in [0.15, 0.2) is 112 Å². The monoisotopic (exact) mass is 464 g/mol. The summed E-state index contributed by atoms with van der Waals surface area (Å²) in [5.74, 6) is 0. The number of hydrogen-bond acceptors (Lipinski definition) is 3. The fraction of sp³-hybridized carbons (Fsp3) is 0. The molecule has 36 heavy (non-hydrogen) atoms. The first-order valence-electron chi connectivity index (χ1n) is 11.9. The SMILES string of the molecule is O=Cc1ccc(-c2ccc(-[n+]3c4cccc5oc6cccc7oc8cccc3c8c(c54)-c67)cc2)cc1. The molecule has 0 spiro atoms. The molecule has 0 saturated carbocycles. The Morgan fingerprint density at radius 1 is 0.528 bits per heavy atom. The molecule has 5 aromatic carbocycles. The van der Waals surface area contributed by atoms with Crippen LogP contribution >= 0.6 is 0 Å². The fourth-order valence-electron chi connectivity index (χ4n) is 5.59. The van der Waals surface area contributed by atoms with Gasteiger partial charge >= 0.3 is 0 Å². The van der Waals surface area contributed by atoms with Crippen LogP contribution in [0.5, 0.6) is 0 Å². The van der Waals surface area contributed by atoms with Crippen molar-refractivity contribution in [3.8, 4) is 27.9 Å². The van der Waals surface area contributed by atoms with E-state index in [1.807, 2.05) is 66.7 Å². The molecule has 0 saturated heterocycles. The van der Waals surface area contributed by atoms with Crippen molar-refractivity contribution in [2.45, 2.75) is 0 Å². The molecule has 4 heteroatoms. The average molecular weight is 465 g/mol. The maximum Gasteiger partial charge on any atom is 0.223 e. The van der Waals surface area contributed by atoms with E-state index in [1.165, 1.54) is 5.56 Å². The first-order valence-corrected chi connectivity index (χ1v) is 11.9. The van der Waals surface area contributed by atoms with E-state index < -0.39 is 0 Å². The summed E-state index contributed by atoms with van der Waals surface area (Å²) in [5.41, 5.74) is 11.6. The van der Waals surface area contributed by atoms with Crippen molar-refractivity contribution in [2.75, 3.05) is 0 Å². The number of pyridine rings is 1. The second-order valence-electron chi connectivity index (χ2n) is 9.13. The summed E-state index contributed by atoms with van der Waals surface area (Å²) in [4.78, 5) is 11.0. The van der Waals surface area contributed by atoms with Gasteiger partial charge in [-0.1, -0.05) is 42.5 Å². The molecule has 2 aliphatic rings. The third kappa shape index (κ3) is 2.53. The van der Waals surface area contributed by atoms with E-state index in [4.69, 9.17) is 8.83 Å². The van der Waals surface area contributed by atoms with Crippen LogP contribution in [0.3, 0.4) is 0 Å². The molecule has 0 radical (unpaired) electrons. The highest BCUT2D eigenvalue weighted by Gasteiger charge is 2.31. The lowest BCUT2D eigenvalue weighted by atomic mass is 9.92.